The summed E-state index contributed by atoms with van der Waals surface area (Å²) in [4.78, 5) is 26.9. The van der Waals surface area contributed by atoms with Crippen molar-refractivity contribution in [2.75, 3.05) is 4.90 Å². The molecule has 0 N–H and O–H groups in total. The first-order valence-electron chi connectivity index (χ1n) is 9.03. The van der Waals surface area contributed by atoms with Crippen LogP contribution in [-0.2, 0) is 27.2 Å². The van der Waals surface area contributed by atoms with E-state index in [-0.39, 0.29) is 24.3 Å². The summed E-state index contributed by atoms with van der Waals surface area (Å²) in [5.74, 6) is -0.551. The van der Waals surface area contributed by atoms with E-state index in [4.69, 9.17) is 4.74 Å². The van der Waals surface area contributed by atoms with Crippen LogP contribution in [0.3, 0.4) is 0 Å². The van der Waals surface area contributed by atoms with Gasteiger partial charge in [-0.2, -0.15) is 0 Å². The lowest BCUT2D eigenvalue weighted by Gasteiger charge is -2.26. The van der Waals surface area contributed by atoms with E-state index in [1.807, 2.05) is 63.2 Å². The molecule has 0 fully saturated rings. The fourth-order valence-corrected chi connectivity index (χ4v) is 3.47. The Morgan fingerprint density at radius 1 is 1.15 bits per heavy atom. The second-order valence-electron chi connectivity index (χ2n) is 7.12. The first-order valence-corrected chi connectivity index (χ1v) is 9.03. The van der Waals surface area contributed by atoms with E-state index in [1.54, 1.807) is 11.8 Å². The minimum atomic E-state index is -0.803. The summed E-state index contributed by atoms with van der Waals surface area (Å²) in [6.45, 7) is 7.71. The topological polar surface area (TPSA) is 46.6 Å². The SMILES string of the molecule is Cc1ccc(CC(=O)O[C@@H](C)C(=O)N2c3ccccc3C[C@@H]2C)cc1C. The second kappa shape index (κ2) is 7.32. The molecule has 1 amide bonds. The molecule has 0 radical (unpaired) electrons. The molecular formula is C22H25NO3. The highest BCUT2D eigenvalue weighted by molar-refractivity contribution is 5.99. The Balaban J connectivity index is 1.65. The quantitative estimate of drug-likeness (QED) is 0.788. The van der Waals surface area contributed by atoms with Gasteiger partial charge in [0.2, 0.25) is 0 Å². The highest BCUT2D eigenvalue weighted by Crippen LogP contribution is 2.32. The Hall–Kier alpha value is -2.62. The van der Waals surface area contributed by atoms with Crippen LogP contribution in [0.1, 0.15) is 36.1 Å². The molecule has 0 unspecified atom stereocenters. The summed E-state index contributed by atoms with van der Waals surface area (Å²) in [6, 6.07) is 13.9. The molecule has 0 spiro atoms. The molecular weight excluding hydrogens is 326 g/mol. The number of benzene rings is 2. The third kappa shape index (κ3) is 3.64. The van der Waals surface area contributed by atoms with Gasteiger partial charge < -0.3 is 9.64 Å². The van der Waals surface area contributed by atoms with Gasteiger partial charge in [-0.25, -0.2) is 0 Å². The van der Waals surface area contributed by atoms with Crippen LogP contribution in [0.15, 0.2) is 42.5 Å². The van der Waals surface area contributed by atoms with E-state index in [9.17, 15) is 9.59 Å². The number of hydrogen-bond acceptors (Lipinski definition) is 3. The molecule has 1 heterocycles. The zero-order valence-electron chi connectivity index (χ0n) is 15.8. The highest BCUT2D eigenvalue weighted by atomic mass is 16.5. The molecule has 2 aromatic carbocycles. The Morgan fingerprint density at radius 2 is 1.88 bits per heavy atom. The van der Waals surface area contributed by atoms with Crippen molar-refractivity contribution in [2.45, 2.75) is 52.7 Å². The van der Waals surface area contributed by atoms with Crippen LogP contribution >= 0.6 is 0 Å². The number of aryl methyl sites for hydroxylation is 2. The second-order valence-corrected chi connectivity index (χ2v) is 7.12. The fraction of sp³-hybridized carbons (Fsp3) is 0.364. The van der Waals surface area contributed by atoms with Crippen LogP contribution in [0.5, 0.6) is 0 Å². The summed E-state index contributed by atoms with van der Waals surface area (Å²) in [6.07, 6.45) is 0.193. The van der Waals surface area contributed by atoms with Crippen LogP contribution in [0, 0.1) is 13.8 Å². The zero-order chi connectivity index (χ0) is 18.8. The molecule has 2 atom stereocenters. The van der Waals surface area contributed by atoms with Crippen molar-refractivity contribution in [2.24, 2.45) is 0 Å². The molecule has 0 saturated heterocycles. The van der Waals surface area contributed by atoms with Gasteiger partial charge in [-0.15, -0.1) is 0 Å². The maximum atomic E-state index is 12.9. The largest absolute Gasteiger partial charge is 0.452 e. The molecule has 0 bridgehead atoms. The average molecular weight is 351 g/mol. The summed E-state index contributed by atoms with van der Waals surface area (Å²) in [5.41, 5.74) is 5.30. The highest BCUT2D eigenvalue weighted by Gasteiger charge is 2.34. The number of amides is 1. The van der Waals surface area contributed by atoms with Crippen LogP contribution in [0.4, 0.5) is 5.69 Å². The van der Waals surface area contributed by atoms with Gasteiger partial charge in [0.05, 0.1) is 6.42 Å². The van der Waals surface area contributed by atoms with Gasteiger partial charge in [0, 0.05) is 11.7 Å². The molecule has 2 aromatic rings. The van der Waals surface area contributed by atoms with Crippen LogP contribution in [0.2, 0.25) is 0 Å². The number of hydrogen-bond donors (Lipinski definition) is 0. The summed E-state index contributed by atoms with van der Waals surface area (Å²) in [7, 11) is 0. The minimum Gasteiger partial charge on any atom is -0.452 e. The van der Waals surface area contributed by atoms with Gasteiger partial charge in [-0.3, -0.25) is 9.59 Å². The lowest BCUT2D eigenvalue weighted by molar-refractivity contribution is -0.153. The van der Waals surface area contributed by atoms with Crippen molar-refractivity contribution in [3.8, 4) is 0 Å². The van der Waals surface area contributed by atoms with Gasteiger partial charge in [0.15, 0.2) is 6.10 Å². The number of anilines is 1. The monoisotopic (exact) mass is 351 g/mol. The minimum absolute atomic E-state index is 0.0702. The molecule has 1 aliphatic heterocycles. The van der Waals surface area contributed by atoms with E-state index in [2.05, 4.69) is 0 Å². The lowest BCUT2D eigenvalue weighted by atomic mass is 10.0. The van der Waals surface area contributed by atoms with Gasteiger partial charge in [-0.1, -0.05) is 36.4 Å². The molecule has 0 saturated carbocycles. The van der Waals surface area contributed by atoms with Gasteiger partial charge in [0.25, 0.3) is 5.91 Å². The van der Waals surface area contributed by atoms with Gasteiger partial charge in [-0.05, 0) is 62.4 Å². The number of para-hydroxylation sites is 1. The smallest absolute Gasteiger partial charge is 0.311 e. The van der Waals surface area contributed by atoms with Crippen LogP contribution in [0.25, 0.3) is 0 Å². The van der Waals surface area contributed by atoms with E-state index in [0.717, 1.165) is 28.8 Å². The summed E-state index contributed by atoms with van der Waals surface area (Å²) < 4.78 is 5.43. The Morgan fingerprint density at radius 3 is 2.62 bits per heavy atom. The van der Waals surface area contributed by atoms with Gasteiger partial charge in [0.1, 0.15) is 0 Å². The predicted octanol–water partition coefficient (Wildman–Crippen LogP) is 3.76. The number of nitrogens with zero attached hydrogens (tertiary/aromatic N) is 1. The number of carbonyl (C=O) groups is 2. The number of carbonyl (C=O) groups excluding carboxylic acids is 2. The molecule has 0 aliphatic carbocycles. The Kier molecular flexibility index (Phi) is 5.12. The van der Waals surface area contributed by atoms with Crippen molar-refractivity contribution in [3.05, 3.63) is 64.7 Å². The number of esters is 1. The van der Waals surface area contributed by atoms with Crippen LogP contribution < -0.4 is 4.90 Å². The molecule has 1 aliphatic rings. The Labute approximate surface area is 154 Å². The number of rotatable bonds is 4. The summed E-state index contributed by atoms with van der Waals surface area (Å²) in [5, 5.41) is 0. The van der Waals surface area contributed by atoms with Gasteiger partial charge >= 0.3 is 5.97 Å². The predicted molar refractivity (Wildman–Crippen MR) is 102 cm³/mol. The molecule has 136 valence electrons. The molecule has 26 heavy (non-hydrogen) atoms. The van der Waals surface area contributed by atoms with E-state index < -0.39 is 6.10 Å². The van der Waals surface area contributed by atoms with E-state index in [1.165, 1.54) is 5.56 Å². The molecule has 3 rings (SSSR count). The zero-order valence-corrected chi connectivity index (χ0v) is 15.8. The number of fused-ring (bicyclic) bond motifs is 1. The van der Waals surface area contributed by atoms with Crippen molar-refractivity contribution in [1.29, 1.82) is 0 Å². The van der Waals surface area contributed by atoms with Crippen LogP contribution in [-0.4, -0.2) is 24.0 Å². The third-order valence-electron chi connectivity index (χ3n) is 5.02. The normalized spacial score (nSPS) is 16.9. The molecule has 0 aromatic heterocycles. The first kappa shape index (κ1) is 18.2. The molecule has 4 heteroatoms. The average Bonchev–Trinajstić information content (AvgIpc) is 2.93. The molecule has 4 nitrogen and oxygen atoms in total. The van der Waals surface area contributed by atoms with Crippen molar-refractivity contribution >= 4 is 17.6 Å². The fourth-order valence-electron chi connectivity index (χ4n) is 3.47. The number of ether oxygens (including phenoxy) is 1. The maximum absolute atomic E-state index is 12.9. The standard InChI is InChI=1S/C22H25NO3/c1-14-9-10-18(11-15(14)2)13-21(24)26-17(4)22(25)23-16(3)12-19-7-5-6-8-20(19)23/h5-11,16-17H,12-13H2,1-4H3/t16-,17-/m0/s1. The maximum Gasteiger partial charge on any atom is 0.311 e. The van der Waals surface area contributed by atoms with Crippen molar-refractivity contribution < 1.29 is 14.3 Å². The summed E-state index contributed by atoms with van der Waals surface area (Å²) >= 11 is 0. The van der Waals surface area contributed by atoms with E-state index in [0.29, 0.717) is 0 Å². The van der Waals surface area contributed by atoms with Crippen molar-refractivity contribution in [3.63, 3.8) is 0 Å². The van der Waals surface area contributed by atoms with E-state index >= 15 is 0 Å². The Bertz CT molecular complexity index is 843. The first-order chi connectivity index (χ1) is 12.4. The lowest BCUT2D eigenvalue weighted by Crippen LogP contribution is -2.43. The van der Waals surface area contributed by atoms with Crippen molar-refractivity contribution in [1.82, 2.24) is 0 Å². The third-order valence-corrected chi connectivity index (χ3v) is 5.02.